The summed E-state index contributed by atoms with van der Waals surface area (Å²) in [6.45, 7) is 0. The standard InChI is InChI=1S/C17H15F2N3O2S/c18-14(19)10-8-11(12-6-3-7-24-12)20-15-13(10)16(23)21-17(25)22(15)9-4-1-2-5-9/h3,6-9,14H,1-2,4-5H2,(H,21,23,25). The van der Waals surface area contributed by atoms with E-state index in [1.807, 2.05) is 0 Å². The number of furan rings is 1. The van der Waals surface area contributed by atoms with E-state index in [-0.39, 0.29) is 33.1 Å². The molecule has 0 atom stereocenters. The maximum atomic E-state index is 13.7. The number of rotatable bonds is 3. The molecule has 0 aliphatic heterocycles. The quantitative estimate of drug-likeness (QED) is 0.681. The molecule has 0 aromatic carbocycles. The van der Waals surface area contributed by atoms with Crippen molar-refractivity contribution in [1.82, 2.24) is 14.5 Å². The van der Waals surface area contributed by atoms with E-state index in [0.717, 1.165) is 25.7 Å². The number of aromatic amines is 1. The van der Waals surface area contributed by atoms with Gasteiger partial charge in [-0.2, -0.15) is 0 Å². The normalized spacial score (nSPS) is 15.5. The van der Waals surface area contributed by atoms with Gasteiger partial charge in [0.2, 0.25) is 0 Å². The third kappa shape index (κ3) is 2.70. The Hall–Kier alpha value is -2.35. The molecule has 1 aliphatic rings. The van der Waals surface area contributed by atoms with Gasteiger partial charge in [0.05, 0.1) is 11.6 Å². The first-order chi connectivity index (χ1) is 12.1. The fraction of sp³-hybridized carbons (Fsp3) is 0.353. The van der Waals surface area contributed by atoms with E-state index in [9.17, 15) is 13.6 Å². The molecule has 0 saturated heterocycles. The molecule has 1 fully saturated rings. The van der Waals surface area contributed by atoms with E-state index in [2.05, 4.69) is 9.97 Å². The van der Waals surface area contributed by atoms with Crippen molar-refractivity contribution < 1.29 is 13.2 Å². The Labute approximate surface area is 146 Å². The van der Waals surface area contributed by atoms with Crippen LogP contribution in [0, 0.1) is 4.77 Å². The maximum Gasteiger partial charge on any atom is 0.264 e. The molecule has 0 radical (unpaired) electrons. The molecule has 1 aliphatic carbocycles. The summed E-state index contributed by atoms with van der Waals surface area (Å²) in [5, 5.41) is -0.106. The van der Waals surface area contributed by atoms with Crippen molar-refractivity contribution in [2.75, 3.05) is 0 Å². The summed E-state index contributed by atoms with van der Waals surface area (Å²) in [4.78, 5) is 19.4. The Balaban J connectivity index is 2.11. The number of nitrogens with zero attached hydrogens (tertiary/aromatic N) is 2. The summed E-state index contributed by atoms with van der Waals surface area (Å²) in [6.07, 6.45) is 2.47. The predicted octanol–water partition coefficient (Wildman–Crippen LogP) is 4.77. The molecule has 5 nitrogen and oxygen atoms in total. The number of aromatic nitrogens is 3. The molecule has 8 heteroatoms. The highest BCUT2D eigenvalue weighted by Crippen LogP contribution is 2.34. The van der Waals surface area contributed by atoms with Crippen LogP contribution in [-0.4, -0.2) is 14.5 Å². The van der Waals surface area contributed by atoms with Gasteiger partial charge in [0.15, 0.2) is 10.5 Å². The first-order valence-corrected chi connectivity index (χ1v) is 8.48. The monoisotopic (exact) mass is 363 g/mol. The first kappa shape index (κ1) is 16.1. The zero-order valence-corrected chi connectivity index (χ0v) is 14.0. The van der Waals surface area contributed by atoms with Gasteiger partial charge in [-0.25, -0.2) is 13.8 Å². The molecule has 1 saturated carbocycles. The van der Waals surface area contributed by atoms with Gasteiger partial charge in [0, 0.05) is 11.6 Å². The number of halogens is 2. The Kier molecular flexibility index (Phi) is 3.99. The molecule has 3 aromatic heterocycles. The fourth-order valence-electron chi connectivity index (χ4n) is 3.50. The maximum absolute atomic E-state index is 13.7. The van der Waals surface area contributed by atoms with Crippen molar-refractivity contribution in [2.24, 2.45) is 0 Å². The van der Waals surface area contributed by atoms with Crippen molar-refractivity contribution in [1.29, 1.82) is 0 Å². The summed E-state index contributed by atoms with van der Waals surface area (Å²) in [7, 11) is 0. The van der Waals surface area contributed by atoms with Crippen molar-refractivity contribution >= 4 is 23.3 Å². The first-order valence-electron chi connectivity index (χ1n) is 8.08. The van der Waals surface area contributed by atoms with Crippen molar-refractivity contribution in [2.45, 2.75) is 38.2 Å². The van der Waals surface area contributed by atoms with Gasteiger partial charge in [-0.3, -0.25) is 14.3 Å². The molecule has 0 unspecified atom stereocenters. The van der Waals surface area contributed by atoms with Crippen molar-refractivity contribution in [3.63, 3.8) is 0 Å². The Morgan fingerprint density at radius 3 is 2.76 bits per heavy atom. The van der Waals surface area contributed by atoms with Crippen LogP contribution < -0.4 is 5.56 Å². The number of alkyl halides is 2. The number of fused-ring (bicyclic) bond motifs is 1. The molecule has 130 valence electrons. The van der Waals surface area contributed by atoms with Gasteiger partial charge < -0.3 is 4.42 Å². The fourth-order valence-corrected chi connectivity index (χ4v) is 3.83. The van der Waals surface area contributed by atoms with E-state index in [4.69, 9.17) is 16.6 Å². The third-order valence-corrected chi connectivity index (χ3v) is 4.92. The molecule has 0 bridgehead atoms. The van der Waals surface area contributed by atoms with E-state index < -0.39 is 12.0 Å². The predicted molar refractivity (Wildman–Crippen MR) is 91.4 cm³/mol. The minimum absolute atomic E-state index is 0.0525. The van der Waals surface area contributed by atoms with Gasteiger partial charge in [-0.1, -0.05) is 12.8 Å². The second-order valence-corrected chi connectivity index (χ2v) is 6.53. The highest BCUT2D eigenvalue weighted by atomic mass is 32.1. The average molecular weight is 363 g/mol. The van der Waals surface area contributed by atoms with Gasteiger partial charge in [-0.15, -0.1) is 0 Å². The van der Waals surface area contributed by atoms with Crippen LogP contribution in [0.25, 0.3) is 22.5 Å². The molecule has 1 N–H and O–H groups in total. The topological polar surface area (TPSA) is 63.8 Å². The lowest BCUT2D eigenvalue weighted by Gasteiger charge is -2.18. The van der Waals surface area contributed by atoms with E-state index in [0.29, 0.717) is 5.76 Å². The molecular weight excluding hydrogens is 348 g/mol. The smallest absolute Gasteiger partial charge is 0.264 e. The van der Waals surface area contributed by atoms with Crippen LogP contribution in [0.15, 0.2) is 33.7 Å². The van der Waals surface area contributed by atoms with E-state index >= 15 is 0 Å². The molecule has 25 heavy (non-hydrogen) atoms. The van der Waals surface area contributed by atoms with Crippen LogP contribution in [0.2, 0.25) is 0 Å². The van der Waals surface area contributed by atoms with Crippen LogP contribution in [0.1, 0.15) is 43.7 Å². The molecule has 3 heterocycles. The highest BCUT2D eigenvalue weighted by Gasteiger charge is 2.25. The highest BCUT2D eigenvalue weighted by molar-refractivity contribution is 7.71. The van der Waals surface area contributed by atoms with E-state index in [1.165, 1.54) is 12.3 Å². The Morgan fingerprint density at radius 2 is 2.12 bits per heavy atom. The van der Waals surface area contributed by atoms with Crippen LogP contribution in [0.5, 0.6) is 0 Å². The SMILES string of the molecule is O=c1[nH]c(=S)n(C2CCCC2)c2nc(-c3ccco3)cc(C(F)F)c12. The van der Waals surface area contributed by atoms with Gasteiger partial charge in [0.1, 0.15) is 11.3 Å². The van der Waals surface area contributed by atoms with Crippen LogP contribution in [0.3, 0.4) is 0 Å². The molecule has 4 rings (SSSR count). The van der Waals surface area contributed by atoms with Crippen LogP contribution >= 0.6 is 12.2 Å². The number of pyridine rings is 1. The van der Waals surface area contributed by atoms with Crippen molar-refractivity contribution in [3.05, 3.63) is 45.2 Å². The zero-order valence-electron chi connectivity index (χ0n) is 13.2. The summed E-state index contributed by atoms with van der Waals surface area (Å²) < 4.78 is 34.6. The molecule has 0 spiro atoms. The van der Waals surface area contributed by atoms with Crippen molar-refractivity contribution in [3.8, 4) is 11.5 Å². The third-order valence-electron chi connectivity index (χ3n) is 4.62. The largest absolute Gasteiger partial charge is 0.463 e. The number of nitrogens with one attached hydrogen (secondary N) is 1. The van der Waals surface area contributed by atoms with Gasteiger partial charge in [0.25, 0.3) is 12.0 Å². The lowest BCUT2D eigenvalue weighted by atomic mass is 10.1. The Morgan fingerprint density at radius 1 is 1.36 bits per heavy atom. The van der Waals surface area contributed by atoms with Gasteiger partial charge in [-0.05, 0) is 43.3 Å². The summed E-state index contributed by atoms with van der Waals surface area (Å²) in [5.74, 6) is 0.368. The average Bonchev–Trinajstić information content (AvgIpc) is 3.27. The molecular formula is C17H15F2N3O2S. The zero-order chi connectivity index (χ0) is 17.6. The minimum atomic E-state index is -2.81. The summed E-state index contributed by atoms with van der Waals surface area (Å²) in [5.41, 5.74) is -0.535. The number of H-pyrrole nitrogens is 1. The van der Waals surface area contributed by atoms with E-state index in [1.54, 1.807) is 16.7 Å². The lowest BCUT2D eigenvalue weighted by Crippen LogP contribution is -2.20. The number of hydrogen-bond acceptors (Lipinski definition) is 4. The lowest BCUT2D eigenvalue weighted by molar-refractivity contribution is 0.153. The van der Waals surface area contributed by atoms with Crippen LogP contribution in [0.4, 0.5) is 8.78 Å². The summed E-state index contributed by atoms with van der Waals surface area (Å²) in [6, 6.07) is 4.57. The van der Waals surface area contributed by atoms with Gasteiger partial charge >= 0.3 is 0 Å². The summed E-state index contributed by atoms with van der Waals surface area (Å²) >= 11 is 5.31. The second-order valence-electron chi connectivity index (χ2n) is 6.14. The Bertz CT molecular complexity index is 1030. The minimum Gasteiger partial charge on any atom is -0.463 e. The molecule has 0 amide bonds. The molecule has 3 aromatic rings. The second kappa shape index (κ2) is 6.18. The van der Waals surface area contributed by atoms with Crippen LogP contribution in [-0.2, 0) is 0 Å². The number of hydrogen-bond donors (Lipinski definition) is 1.